The van der Waals surface area contributed by atoms with Crippen LogP contribution in [-0.2, 0) is 23.8 Å². The van der Waals surface area contributed by atoms with E-state index < -0.39 is 70.1 Å². The molecule has 1 aromatic carbocycles. The molecule has 1 unspecified atom stereocenters. The summed E-state index contributed by atoms with van der Waals surface area (Å²) in [4.78, 5) is 40.5. The second-order valence-electron chi connectivity index (χ2n) is 12.1. The van der Waals surface area contributed by atoms with E-state index in [1.807, 2.05) is 6.92 Å². The van der Waals surface area contributed by atoms with Gasteiger partial charge in [0.1, 0.15) is 23.9 Å². The van der Waals surface area contributed by atoms with Crippen LogP contribution in [0.25, 0.3) is 0 Å². The summed E-state index contributed by atoms with van der Waals surface area (Å²) in [5, 5.41) is 36.0. The number of alkyl halides is 1. The van der Waals surface area contributed by atoms with Crippen molar-refractivity contribution in [2.24, 2.45) is 16.7 Å². The number of fused-ring (bicyclic) bond motifs is 5. The molecule has 4 aliphatic rings. The van der Waals surface area contributed by atoms with Crippen LogP contribution in [0.1, 0.15) is 57.8 Å². The highest BCUT2D eigenvalue weighted by molar-refractivity contribution is 14.1. The molecule has 1 aliphatic heterocycles. The van der Waals surface area contributed by atoms with Crippen LogP contribution in [-0.4, -0.2) is 79.2 Å². The number of rotatable bonds is 3. The SMILES string of the molecule is CC(=O)O[C@@]12CO[C@@H]1C[C@H](O)[C@@]1(C)C(=O)[C@H](O)C3=C(C)[C@@H](I)C[C@@](O)([C@@H](OC(=O)c4ccccc4)C12)C3(C)C. The second-order valence-corrected chi connectivity index (χ2v) is 13.6. The number of allylic oxidation sites excluding steroid dienone is 1. The smallest absolute Gasteiger partial charge is 0.338 e. The third-order valence-electron chi connectivity index (χ3n) is 9.90. The van der Waals surface area contributed by atoms with Gasteiger partial charge >= 0.3 is 11.9 Å². The van der Waals surface area contributed by atoms with Crippen LogP contribution in [0.3, 0.4) is 0 Å². The maximum absolute atomic E-state index is 14.4. The van der Waals surface area contributed by atoms with Crippen molar-refractivity contribution in [2.75, 3.05) is 6.61 Å². The number of carbonyl (C=O) groups is 3. The number of aliphatic hydroxyl groups excluding tert-OH is 2. The Kier molecular flexibility index (Phi) is 6.86. The number of hydrogen-bond acceptors (Lipinski definition) is 9. The van der Waals surface area contributed by atoms with E-state index in [9.17, 15) is 29.7 Å². The molecule has 3 aliphatic carbocycles. The van der Waals surface area contributed by atoms with Gasteiger partial charge in [-0.1, -0.05) is 60.2 Å². The topological polar surface area (TPSA) is 140 Å². The van der Waals surface area contributed by atoms with Crippen molar-refractivity contribution in [1.82, 2.24) is 0 Å². The molecule has 2 bridgehead atoms. The predicted octanol–water partition coefficient (Wildman–Crippen LogP) is 2.52. The van der Waals surface area contributed by atoms with E-state index in [2.05, 4.69) is 22.6 Å². The van der Waals surface area contributed by atoms with Gasteiger partial charge in [0.15, 0.2) is 11.4 Å². The summed E-state index contributed by atoms with van der Waals surface area (Å²) >= 11 is 2.16. The maximum Gasteiger partial charge on any atom is 0.338 e. The highest BCUT2D eigenvalue weighted by Gasteiger charge is 2.77. The molecule has 3 N–H and O–H groups in total. The molecule has 1 aromatic rings. The fourth-order valence-electron chi connectivity index (χ4n) is 7.63. The van der Waals surface area contributed by atoms with Gasteiger partial charge in [0.2, 0.25) is 0 Å². The average Bonchev–Trinajstić information content (AvgIpc) is 2.87. The van der Waals surface area contributed by atoms with Gasteiger partial charge in [0.25, 0.3) is 0 Å². The molecule has 10 heteroatoms. The van der Waals surface area contributed by atoms with Gasteiger partial charge in [-0.05, 0) is 38.0 Å². The van der Waals surface area contributed by atoms with Crippen LogP contribution in [0.4, 0.5) is 0 Å². The lowest BCUT2D eigenvalue weighted by Crippen LogP contribution is -2.81. The van der Waals surface area contributed by atoms with Gasteiger partial charge in [-0.2, -0.15) is 0 Å². The lowest BCUT2D eigenvalue weighted by Gasteiger charge is -2.67. The van der Waals surface area contributed by atoms with Crippen LogP contribution in [0.2, 0.25) is 0 Å². The van der Waals surface area contributed by atoms with E-state index in [4.69, 9.17) is 14.2 Å². The Labute approximate surface area is 241 Å². The van der Waals surface area contributed by atoms with E-state index in [0.29, 0.717) is 5.57 Å². The fourth-order valence-corrected chi connectivity index (χ4v) is 8.64. The molecule has 0 amide bonds. The first-order chi connectivity index (χ1) is 18.1. The van der Waals surface area contributed by atoms with Crippen LogP contribution < -0.4 is 0 Å². The van der Waals surface area contributed by atoms with Gasteiger partial charge in [0.05, 0.1) is 29.6 Å². The summed E-state index contributed by atoms with van der Waals surface area (Å²) in [5.74, 6) is -3.26. The first-order valence-corrected chi connectivity index (χ1v) is 14.4. The van der Waals surface area contributed by atoms with Crippen LogP contribution >= 0.6 is 22.6 Å². The summed E-state index contributed by atoms with van der Waals surface area (Å²) in [6, 6.07) is 8.29. The van der Waals surface area contributed by atoms with Crippen molar-refractivity contribution in [1.29, 1.82) is 0 Å². The highest BCUT2D eigenvalue weighted by atomic mass is 127. The molecule has 1 saturated heterocycles. The molecule has 212 valence electrons. The van der Waals surface area contributed by atoms with E-state index >= 15 is 0 Å². The molecule has 39 heavy (non-hydrogen) atoms. The van der Waals surface area contributed by atoms with E-state index in [1.165, 1.54) is 13.8 Å². The molecule has 0 aromatic heterocycles. The van der Waals surface area contributed by atoms with E-state index in [0.717, 1.165) is 5.57 Å². The Bertz CT molecular complexity index is 1240. The van der Waals surface area contributed by atoms with Crippen molar-refractivity contribution in [3.05, 3.63) is 47.0 Å². The van der Waals surface area contributed by atoms with Crippen molar-refractivity contribution >= 4 is 40.3 Å². The molecule has 5 rings (SSSR count). The van der Waals surface area contributed by atoms with Gasteiger partial charge in [-0.3, -0.25) is 9.59 Å². The van der Waals surface area contributed by atoms with Crippen molar-refractivity contribution < 1.29 is 43.9 Å². The Morgan fingerprint density at radius 3 is 2.33 bits per heavy atom. The lowest BCUT2D eigenvalue weighted by atomic mass is 9.45. The minimum absolute atomic E-state index is 0.0349. The number of carbonyl (C=O) groups excluding carboxylic acids is 3. The Hall–Kier alpha value is -1.86. The third-order valence-corrected chi connectivity index (χ3v) is 11.3. The predicted molar refractivity (Wildman–Crippen MR) is 147 cm³/mol. The normalized spacial score (nSPS) is 42.7. The summed E-state index contributed by atoms with van der Waals surface area (Å²) < 4.78 is 17.6. The molecule has 0 radical (unpaired) electrons. The number of halogens is 1. The van der Waals surface area contributed by atoms with Crippen molar-refractivity contribution in [3.8, 4) is 0 Å². The van der Waals surface area contributed by atoms with Gasteiger partial charge in [-0.25, -0.2) is 4.79 Å². The Morgan fingerprint density at radius 1 is 1.13 bits per heavy atom. The minimum Gasteiger partial charge on any atom is -0.455 e. The molecule has 1 heterocycles. The maximum atomic E-state index is 14.4. The molecule has 0 spiro atoms. The molecular formula is C29H35IO9. The molecule has 9 nitrogen and oxygen atoms in total. The number of aliphatic hydroxyl groups is 3. The number of hydrogen-bond donors (Lipinski definition) is 3. The zero-order valence-corrected chi connectivity index (χ0v) is 24.8. The van der Waals surface area contributed by atoms with Gasteiger partial charge in [-0.15, -0.1) is 0 Å². The standard InChI is InChI=1S/C29H35IO9/c1-14-17(30)12-29(36)24(38-25(35)16-9-7-6-8-10-16)22-27(5,23(34)21(33)20(14)26(29,3)4)18(32)11-19-28(22,13-37-19)39-15(2)31/h6-10,17-19,21-22,24,32-33,36H,11-13H2,1-5H3/t17-,18-,19+,21+,22?,24-,27+,28-,29+/m0/s1. The average molecular weight is 654 g/mol. The lowest BCUT2D eigenvalue weighted by molar-refractivity contribution is -0.344. The van der Waals surface area contributed by atoms with Crippen LogP contribution in [0.15, 0.2) is 41.5 Å². The minimum atomic E-state index is -1.82. The number of esters is 2. The van der Waals surface area contributed by atoms with Gasteiger partial charge < -0.3 is 29.5 Å². The quantitative estimate of drug-likeness (QED) is 0.194. The van der Waals surface area contributed by atoms with Crippen molar-refractivity contribution in [2.45, 2.75) is 87.0 Å². The third kappa shape index (κ3) is 3.81. The van der Waals surface area contributed by atoms with Crippen LogP contribution in [0.5, 0.6) is 0 Å². The zero-order valence-electron chi connectivity index (χ0n) is 22.6. The number of ether oxygens (including phenoxy) is 3. The number of ketones is 1. The van der Waals surface area contributed by atoms with E-state index in [1.54, 1.807) is 44.2 Å². The largest absolute Gasteiger partial charge is 0.455 e. The fraction of sp³-hybridized carbons (Fsp3) is 0.621. The molecule has 9 atom stereocenters. The highest BCUT2D eigenvalue weighted by Crippen LogP contribution is 2.64. The summed E-state index contributed by atoms with van der Waals surface area (Å²) in [6.45, 7) is 7.91. The first kappa shape index (κ1) is 28.7. The summed E-state index contributed by atoms with van der Waals surface area (Å²) in [6.07, 6.45) is -5.08. The Balaban J connectivity index is 1.81. The number of Topliss-reactive ketones (excluding diaryl/α,β-unsaturated/α-hetero) is 1. The zero-order chi connectivity index (χ0) is 28.7. The van der Waals surface area contributed by atoms with Crippen LogP contribution in [0, 0.1) is 16.7 Å². The van der Waals surface area contributed by atoms with Gasteiger partial charge in [0, 0.05) is 22.7 Å². The Morgan fingerprint density at radius 2 is 1.77 bits per heavy atom. The summed E-state index contributed by atoms with van der Waals surface area (Å²) in [5.41, 5.74) is -4.95. The second kappa shape index (κ2) is 9.34. The molecule has 3 fully saturated rings. The first-order valence-electron chi connectivity index (χ1n) is 13.2. The monoisotopic (exact) mass is 654 g/mol. The summed E-state index contributed by atoms with van der Waals surface area (Å²) in [7, 11) is 0. The van der Waals surface area contributed by atoms with Crippen molar-refractivity contribution in [3.63, 3.8) is 0 Å². The number of benzene rings is 1. The van der Waals surface area contributed by atoms with E-state index in [-0.39, 0.29) is 28.9 Å². The molecule has 2 saturated carbocycles. The molecular weight excluding hydrogens is 619 g/mol.